The summed E-state index contributed by atoms with van der Waals surface area (Å²) >= 11 is 0. The maximum absolute atomic E-state index is 13.1. The van der Waals surface area contributed by atoms with Crippen LogP contribution in [0.2, 0.25) is 0 Å². The molecule has 0 aromatic rings. The van der Waals surface area contributed by atoms with Crippen molar-refractivity contribution < 1.29 is 80.2 Å². The van der Waals surface area contributed by atoms with Gasteiger partial charge in [0.25, 0.3) is 0 Å². The minimum atomic E-state index is -4.96. The van der Waals surface area contributed by atoms with E-state index < -0.39 is 97.5 Å². The van der Waals surface area contributed by atoms with Crippen molar-refractivity contribution in [1.29, 1.82) is 0 Å². The first kappa shape index (κ1) is 96.1. The lowest BCUT2D eigenvalue weighted by molar-refractivity contribution is -0.161. The Bertz CT molecular complexity index is 1920. The van der Waals surface area contributed by atoms with Gasteiger partial charge in [0.15, 0.2) is 12.2 Å². The van der Waals surface area contributed by atoms with E-state index in [2.05, 4.69) is 55.4 Å². The van der Waals surface area contributed by atoms with E-state index in [-0.39, 0.29) is 25.7 Å². The number of carbonyl (C=O) groups is 4. The Kier molecular flexibility index (Phi) is 66.8. The monoisotopic (exact) mass is 1440 g/mol. The first-order valence-electron chi connectivity index (χ1n) is 40.8. The quantitative estimate of drug-likeness (QED) is 0.0222. The van der Waals surface area contributed by atoms with Gasteiger partial charge in [-0.2, -0.15) is 0 Å². The van der Waals surface area contributed by atoms with Crippen LogP contribution in [-0.4, -0.2) is 96.7 Å². The zero-order valence-corrected chi connectivity index (χ0v) is 66.2. The van der Waals surface area contributed by atoms with Gasteiger partial charge < -0.3 is 33.8 Å². The molecule has 0 rings (SSSR count). The van der Waals surface area contributed by atoms with E-state index in [0.717, 1.165) is 114 Å². The standard InChI is InChI=1S/C79H154O17P2/c1-9-71(7)57-49-41-32-26-19-15-11-13-17-21-29-35-45-53-61-78(83)95-74(65-89-76(81)59-51-43-34-28-24-23-25-31-39-47-55-69(3)4)67-93-97(85,86)91-63-73(80)64-92-98(87,88)94-68-75(66-90-77(82)60-52-44-38-37-40-48-56-70(5)6)96-79(84)62-54-46-36-30-22-18-14-12-16-20-27-33-42-50-58-72(8)10-2/h69-75,80H,9-68H2,1-8H3,(H,85,86)(H,87,88)/t71?,72?,73-,74-,75-/m1/s1. The summed E-state index contributed by atoms with van der Waals surface area (Å²) in [5.74, 6) is 1.01. The van der Waals surface area contributed by atoms with Crippen molar-refractivity contribution in [2.75, 3.05) is 39.6 Å². The molecule has 0 radical (unpaired) electrons. The van der Waals surface area contributed by atoms with Gasteiger partial charge in [0.2, 0.25) is 0 Å². The van der Waals surface area contributed by atoms with Crippen LogP contribution >= 0.6 is 15.6 Å². The van der Waals surface area contributed by atoms with Crippen LogP contribution in [0, 0.1) is 23.7 Å². The highest BCUT2D eigenvalue weighted by Gasteiger charge is 2.30. The molecule has 582 valence electrons. The maximum atomic E-state index is 13.1. The molecule has 0 aliphatic heterocycles. The Morgan fingerprint density at radius 3 is 0.724 bits per heavy atom. The third kappa shape index (κ3) is 69.8. The number of unbranched alkanes of at least 4 members (excludes halogenated alkanes) is 40. The lowest BCUT2D eigenvalue weighted by atomic mass is 9.99. The van der Waals surface area contributed by atoms with Gasteiger partial charge in [0.05, 0.1) is 26.4 Å². The van der Waals surface area contributed by atoms with Gasteiger partial charge in [0, 0.05) is 25.7 Å². The molecule has 0 bridgehead atoms. The SMILES string of the molecule is CCC(C)CCCCCCCCCCCCCCCCC(=O)O[C@H](COC(=O)CCCCCCCCCCCCC(C)C)COP(=O)(O)OC[C@@H](O)COP(=O)(O)OC[C@@H](COC(=O)CCCCCCCCC(C)C)OC(=O)CCCCCCCCCCCCCCCCC(C)CC. The van der Waals surface area contributed by atoms with Crippen molar-refractivity contribution in [1.82, 2.24) is 0 Å². The number of hydrogen-bond acceptors (Lipinski definition) is 15. The van der Waals surface area contributed by atoms with Gasteiger partial charge in [-0.3, -0.25) is 37.3 Å². The Labute approximate surface area is 600 Å². The van der Waals surface area contributed by atoms with E-state index in [1.54, 1.807) is 0 Å². The fourth-order valence-corrected chi connectivity index (χ4v) is 13.6. The summed E-state index contributed by atoms with van der Waals surface area (Å²) in [6.45, 7) is 14.2. The molecule has 0 spiro atoms. The Morgan fingerprint density at radius 2 is 0.490 bits per heavy atom. The lowest BCUT2D eigenvalue weighted by Gasteiger charge is -2.21. The number of aliphatic hydroxyl groups is 1. The van der Waals surface area contributed by atoms with E-state index in [4.69, 9.17) is 37.0 Å². The number of rotatable bonds is 76. The first-order valence-corrected chi connectivity index (χ1v) is 43.8. The third-order valence-corrected chi connectivity index (χ3v) is 20.9. The highest BCUT2D eigenvalue weighted by molar-refractivity contribution is 7.47. The normalized spacial score (nSPS) is 14.6. The maximum Gasteiger partial charge on any atom is 0.472 e. The summed E-state index contributed by atoms with van der Waals surface area (Å²) in [4.78, 5) is 72.9. The molecule has 98 heavy (non-hydrogen) atoms. The van der Waals surface area contributed by atoms with Crippen LogP contribution in [0.15, 0.2) is 0 Å². The van der Waals surface area contributed by atoms with E-state index in [0.29, 0.717) is 31.6 Å². The van der Waals surface area contributed by atoms with Crippen LogP contribution in [0.5, 0.6) is 0 Å². The van der Waals surface area contributed by atoms with Crippen LogP contribution in [0.3, 0.4) is 0 Å². The second-order valence-corrected chi connectivity index (χ2v) is 32.8. The molecule has 19 heteroatoms. The smallest absolute Gasteiger partial charge is 0.462 e. The molecule has 0 saturated carbocycles. The number of ether oxygens (including phenoxy) is 4. The number of aliphatic hydroxyl groups excluding tert-OH is 1. The van der Waals surface area contributed by atoms with Crippen molar-refractivity contribution >= 4 is 39.5 Å². The molecule has 4 unspecified atom stereocenters. The molecule has 0 aliphatic carbocycles. The van der Waals surface area contributed by atoms with E-state index in [1.807, 2.05) is 0 Å². The van der Waals surface area contributed by atoms with E-state index in [9.17, 15) is 43.2 Å². The minimum Gasteiger partial charge on any atom is -0.462 e. The van der Waals surface area contributed by atoms with Gasteiger partial charge in [-0.1, -0.05) is 351 Å². The fourth-order valence-electron chi connectivity index (χ4n) is 12.0. The van der Waals surface area contributed by atoms with Crippen LogP contribution in [0.4, 0.5) is 0 Å². The topological polar surface area (TPSA) is 237 Å². The van der Waals surface area contributed by atoms with Crippen molar-refractivity contribution in [3.63, 3.8) is 0 Å². The van der Waals surface area contributed by atoms with Gasteiger partial charge in [-0.25, -0.2) is 9.13 Å². The Balaban J connectivity index is 5.22. The van der Waals surface area contributed by atoms with E-state index in [1.165, 1.54) is 199 Å². The van der Waals surface area contributed by atoms with Gasteiger partial charge >= 0.3 is 39.5 Å². The van der Waals surface area contributed by atoms with Gasteiger partial charge in [-0.05, 0) is 49.4 Å². The molecule has 0 aliphatic rings. The van der Waals surface area contributed by atoms with Crippen LogP contribution < -0.4 is 0 Å². The molecular weight excluding hydrogens is 1280 g/mol. The second kappa shape index (κ2) is 68.2. The average Bonchev–Trinajstić information content (AvgIpc) is 0.954. The van der Waals surface area contributed by atoms with Gasteiger partial charge in [0.1, 0.15) is 19.3 Å². The summed E-state index contributed by atoms with van der Waals surface area (Å²) in [6, 6.07) is 0. The number of esters is 4. The van der Waals surface area contributed by atoms with Crippen molar-refractivity contribution in [3.8, 4) is 0 Å². The van der Waals surface area contributed by atoms with Crippen molar-refractivity contribution in [2.45, 2.75) is 420 Å². The Morgan fingerprint density at radius 1 is 0.286 bits per heavy atom. The third-order valence-electron chi connectivity index (χ3n) is 19.0. The predicted octanol–water partition coefficient (Wildman–Crippen LogP) is 23.2. The average molecular weight is 1440 g/mol. The minimum absolute atomic E-state index is 0.106. The summed E-state index contributed by atoms with van der Waals surface area (Å²) in [5, 5.41) is 10.6. The molecule has 0 aromatic carbocycles. The number of hydrogen-bond donors (Lipinski definition) is 3. The zero-order valence-electron chi connectivity index (χ0n) is 64.4. The number of phosphoric ester groups is 2. The zero-order chi connectivity index (χ0) is 72.4. The number of carbonyl (C=O) groups excluding carboxylic acids is 4. The van der Waals surface area contributed by atoms with Crippen LogP contribution in [-0.2, 0) is 65.4 Å². The van der Waals surface area contributed by atoms with Gasteiger partial charge in [-0.15, -0.1) is 0 Å². The van der Waals surface area contributed by atoms with Crippen molar-refractivity contribution in [3.05, 3.63) is 0 Å². The number of phosphoric acid groups is 2. The summed E-state index contributed by atoms with van der Waals surface area (Å²) in [6.07, 6.45) is 54.1. The van der Waals surface area contributed by atoms with Crippen LogP contribution in [0.1, 0.15) is 402 Å². The van der Waals surface area contributed by atoms with Crippen molar-refractivity contribution in [2.24, 2.45) is 23.7 Å². The molecule has 0 heterocycles. The van der Waals surface area contributed by atoms with Crippen LogP contribution in [0.25, 0.3) is 0 Å². The summed E-state index contributed by atoms with van der Waals surface area (Å²) in [5.41, 5.74) is 0. The predicted molar refractivity (Wildman–Crippen MR) is 400 cm³/mol. The summed E-state index contributed by atoms with van der Waals surface area (Å²) < 4.78 is 68.6. The molecule has 17 nitrogen and oxygen atoms in total. The largest absolute Gasteiger partial charge is 0.472 e. The molecule has 0 fully saturated rings. The fraction of sp³-hybridized carbons (Fsp3) is 0.949. The highest BCUT2D eigenvalue weighted by atomic mass is 31.2. The molecule has 7 atom stereocenters. The molecule has 0 saturated heterocycles. The second-order valence-electron chi connectivity index (χ2n) is 29.9. The Hall–Kier alpha value is -1.94. The molecule has 0 amide bonds. The molecular formula is C79H154O17P2. The summed E-state index contributed by atoms with van der Waals surface area (Å²) in [7, 11) is -9.92. The highest BCUT2D eigenvalue weighted by Crippen LogP contribution is 2.45. The molecule has 0 aromatic heterocycles. The van der Waals surface area contributed by atoms with E-state index >= 15 is 0 Å². The first-order chi connectivity index (χ1) is 47.2. The lowest BCUT2D eigenvalue weighted by Crippen LogP contribution is -2.30. The molecule has 3 N–H and O–H groups in total.